The van der Waals surface area contributed by atoms with E-state index in [-0.39, 0.29) is 24.7 Å². The van der Waals surface area contributed by atoms with E-state index in [1.807, 2.05) is 12.1 Å². The van der Waals surface area contributed by atoms with Crippen LogP contribution in [-0.2, 0) is 17.8 Å². The second kappa shape index (κ2) is 8.45. The van der Waals surface area contributed by atoms with Crippen molar-refractivity contribution >= 4 is 5.97 Å². The second-order valence-corrected chi connectivity index (χ2v) is 6.13. The largest absolute Gasteiger partial charge is 0.489 e. The fourth-order valence-electron chi connectivity index (χ4n) is 2.76. The van der Waals surface area contributed by atoms with Gasteiger partial charge in [0.1, 0.15) is 24.0 Å². The molecule has 0 aliphatic heterocycles. The molecule has 3 aromatic carbocycles. The van der Waals surface area contributed by atoms with Gasteiger partial charge in [0.15, 0.2) is 0 Å². The zero-order chi connectivity index (χ0) is 19.2. The molecular formula is C22H18F2O3. The maximum absolute atomic E-state index is 13.7. The topological polar surface area (TPSA) is 46.5 Å². The Morgan fingerprint density at radius 1 is 0.889 bits per heavy atom. The van der Waals surface area contributed by atoms with E-state index in [1.165, 1.54) is 24.3 Å². The van der Waals surface area contributed by atoms with Crippen molar-refractivity contribution in [2.75, 3.05) is 0 Å². The summed E-state index contributed by atoms with van der Waals surface area (Å²) < 4.78 is 32.6. The van der Waals surface area contributed by atoms with Crippen molar-refractivity contribution in [2.45, 2.75) is 19.4 Å². The first-order valence-corrected chi connectivity index (χ1v) is 8.49. The highest BCUT2D eigenvalue weighted by atomic mass is 19.1. The third-order valence-corrected chi connectivity index (χ3v) is 4.17. The number of hydrogen-bond donors (Lipinski definition) is 1. The fraction of sp³-hybridized carbons (Fsp3) is 0.136. The maximum atomic E-state index is 13.7. The number of carboxylic acids is 1. The molecule has 3 aromatic rings. The van der Waals surface area contributed by atoms with Gasteiger partial charge in [-0.3, -0.25) is 4.79 Å². The summed E-state index contributed by atoms with van der Waals surface area (Å²) in [4.78, 5) is 10.6. The van der Waals surface area contributed by atoms with E-state index in [4.69, 9.17) is 9.84 Å². The van der Waals surface area contributed by atoms with Gasteiger partial charge < -0.3 is 9.84 Å². The number of rotatable bonds is 7. The number of halogens is 2. The van der Waals surface area contributed by atoms with E-state index in [9.17, 15) is 13.6 Å². The maximum Gasteiger partial charge on any atom is 0.303 e. The SMILES string of the molecule is O=C(O)CCc1ccc(OCc2cc(F)ccc2-c2ccc(F)cc2)cc1. The van der Waals surface area contributed by atoms with Crippen molar-refractivity contribution in [2.24, 2.45) is 0 Å². The van der Waals surface area contributed by atoms with Crippen LogP contribution in [-0.4, -0.2) is 11.1 Å². The summed E-state index contributed by atoms with van der Waals surface area (Å²) in [6, 6.07) is 17.6. The van der Waals surface area contributed by atoms with Crippen molar-refractivity contribution in [3.05, 3.63) is 89.5 Å². The smallest absolute Gasteiger partial charge is 0.303 e. The first kappa shape index (κ1) is 18.6. The summed E-state index contributed by atoms with van der Waals surface area (Å²) in [7, 11) is 0. The first-order valence-electron chi connectivity index (χ1n) is 8.49. The zero-order valence-corrected chi connectivity index (χ0v) is 14.5. The monoisotopic (exact) mass is 368 g/mol. The molecule has 3 rings (SSSR count). The number of hydrogen-bond acceptors (Lipinski definition) is 2. The lowest BCUT2D eigenvalue weighted by molar-refractivity contribution is -0.136. The summed E-state index contributed by atoms with van der Waals surface area (Å²) >= 11 is 0. The van der Waals surface area contributed by atoms with Crippen molar-refractivity contribution in [3.63, 3.8) is 0 Å². The van der Waals surface area contributed by atoms with Crippen LogP contribution in [0.15, 0.2) is 66.7 Å². The van der Waals surface area contributed by atoms with Crippen LogP contribution in [0.1, 0.15) is 17.5 Å². The molecule has 0 saturated carbocycles. The van der Waals surface area contributed by atoms with Crippen LogP contribution in [0.4, 0.5) is 8.78 Å². The van der Waals surface area contributed by atoms with Gasteiger partial charge in [0, 0.05) is 6.42 Å². The molecule has 0 bridgehead atoms. The second-order valence-electron chi connectivity index (χ2n) is 6.13. The Bertz CT molecular complexity index is 919. The minimum Gasteiger partial charge on any atom is -0.489 e. The van der Waals surface area contributed by atoms with Gasteiger partial charge in [-0.2, -0.15) is 0 Å². The van der Waals surface area contributed by atoms with E-state index in [0.717, 1.165) is 16.7 Å². The van der Waals surface area contributed by atoms with E-state index in [1.54, 1.807) is 30.3 Å². The van der Waals surface area contributed by atoms with Gasteiger partial charge in [0.2, 0.25) is 0 Å². The number of ether oxygens (including phenoxy) is 1. The van der Waals surface area contributed by atoms with Crippen molar-refractivity contribution in [3.8, 4) is 16.9 Å². The molecule has 0 aromatic heterocycles. The summed E-state index contributed by atoms with van der Waals surface area (Å²) in [5.74, 6) is -0.941. The van der Waals surface area contributed by atoms with Crippen molar-refractivity contribution in [1.29, 1.82) is 0 Å². The van der Waals surface area contributed by atoms with Gasteiger partial charge in [-0.1, -0.05) is 30.3 Å². The van der Waals surface area contributed by atoms with E-state index >= 15 is 0 Å². The predicted octanol–water partition coefficient (Wildman–Crippen LogP) is 5.23. The Kier molecular flexibility index (Phi) is 5.81. The van der Waals surface area contributed by atoms with Crippen molar-refractivity contribution < 1.29 is 23.4 Å². The number of aryl methyl sites for hydroxylation is 1. The summed E-state index contributed by atoms with van der Waals surface area (Å²) in [5, 5.41) is 8.72. The van der Waals surface area contributed by atoms with Gasteiger partial charge in [-0.25, -0.2) is 8.78 Å². The minimum atomic E-state index is -0.838. The van der Waals surface area contributed by atoms with E-state index < -0.39 is 5.97 Å². The molecule has 0 unspecified atom stereocenters. The van der Waals surface area contributed by atoms with Gasteiger partial charge >= 0.3 is 5.97 Å². The van der Waals surface area contributed by atoms with Crippen LogP contribution < -0.4 is 4.74 Å². The third kappa shape index (κ3) is 5.14. The van der Waals surface area contributed by atoms with Gasteiger partial charge in [-0.15, -0.1) is 0 Å². The molecule has 0 spiro atoms. The predicted molar refractivity (Wildman–Crippen MR) is 98.5 cm³/mol. The molecular weight excluding hydrogens is 350 g/mol. The summed E-state index contributed by atoms with van der Waals surface area (Å²) in [6.45, 7) is 0.152. The zero-order valence-electron chi connectivity index (χ0n) is 14.5. The normalized spacial score (nSPS) is 10.6. The Labute approximate surface area is 155 Å². The molecule has 0 aliphatic carbocycles. The lowest BCUT2D eigenvalue weighted by atomic mass is 10.00. The van der Waals surface area contributed by atoms with Crippen LogP contribution in [0, 0.1) is 11.6 Å². The van der Waals surface area contributed by atoms with Crippen molar-refractivity contribution in [1.82, 2.24) is 0 Å². The molecule has 1 N–H and O–H groups in total. The van der Waals surface area contributed by atoms with E-state index in [0.29, 0.717) is 17.7 Å². The lowest BCUT2D eigenvalue weighted by Crippen LogP contribution is -2.00. The van der Waals surface area contributed by atoms with Crippen LogP contribution in [0.5, 0.6) is 5.75 Å². The molecule has 138 valence electrons. The molecule has 0 atom stereocenters. The number of benzene rings is 3. The van der Waals surface area contributed by atoms with Gasteiger partial charge in [0.25, 0.3) is 0 Å². The van der Waals surface area contributed by atoms with Crippen LogP contribution in [0.25, 0.3) is 11.1 Å². The van der Waals surface area contributed by atoms with Gasteiger partial charge in [-0.05, 0) is 65.1 Å². The highest BCUT2D eigenvalue weighted by Crippen LogP contribution is 2.26. The Morgan fingerprint density at radius 3 is 2.22 bits per heavy atom. The molecule has 27 heavy (non-hydrogen) atoms. The summed E-state index contributed by atoms with van der Waals surface area (Å²) in [6.07, 6.45) is 0.527. The highest BCUT2D eigenvalue weighted by molar-refractivity contribution is 5.67. The molecule has 0 radical (unpaired) electrons. The average molecular weight is 368 g/mol. The van der Waals surface area contributed by atoms with Crippen LogP contribution >= 0.6 is 0 Å². The average Bonchev–Trinajstić information content (AvgIpc) is 2.66. The fourth-order valence-corrected chi connectivity index (χ4v) is 2.76. The quantitative estimate of drug-likeness (QED) is 0.621. The van der Waals surface area contributed by atoms with E-state index in [2.05, 4.69) is 0 Å². The standard InChI is InChI=1S/C22H18F2O3/c23-18-6-4-16(5-7-18)21-11-8-19(24)13-17(21)14-27-20-9-1-15(2-10-20)3-12-22(25)26/h1-2,4-11,13H,3,12,14H2,(H,25,26). The minimum absolute atomic E-state index is 0.0739. The molecule has 3 nitrogen and oxygen atoms in total. The molecule has 0 aliphatic rings. The third-order valence-electron chi connectivity index (χ3n) is 4.17. The Morgan fingerprint density at radius 2 is 1.56 bits per heavy atom. The summed E-state index contributed by atoms with van der Waals surface area (Å²) in [5.41, 5.74) is 3.10. The lowest BCUT2D eigenvalue weighted by Gasteiger charge is -2.12. The number of carbonyl (C=O) groups is 1. The number of aliphatic carboxylic acids is 1. The molecule has 0 fully saturated rings. The van der Waals surface area contributed by atoms with Crippen LogP contribution in [0.3, 0.4) is 0 Å². The molecule has 0 saturated heterocycles. The highest BCUT2D eigenvalue weighted by Gasteiger charge is 2.08. The Balaban J connectivity index is 1.73. The molecule has 0 heterocycles. The van der Waals surface area contributed by atoms with Gasteiger partial charge in [0.05, 0.1) is 0 Å². The van der Waals surface area contributed by atoms with Crippen LogP contribution in [0.2, 0.25) is 0 Å². The Hall–Kier alpha value is -3.21. The molecule has 0 amide bonds. The first-order chi connectivity index (χ1) is 13.0. The molecule has 5 heteroatoms. The number of carboxylic acid groups (broad SMARTS) is 1.